The highest BCUT2D eigenvalue weighted by Gasteiger charge is 2.41. The molecule has 3 saturated heterocycles. The number of fused-ring (bicyclic) bond motifs is 4. The van der Waals surface area contributed by atoms with Gasteiger partial charge in [0.1, 0.15) is 5.76 Å². The van der Waals surface area contributed by atoms with Crippen LogP contribution in [0.25, 0.3) is 0 Å². The van der Waals surface area contributed by atoms with E-state index < -0.39 is 0 Å². The number of rotatable bonds is 4. The minimum Gasteiger partial charge on any atom is -0.361 e. The molecule has 3 fully saturated rings. The number of aromatic nitrogens is 1. The van der Waals surface area contributed by atoms with Crippen LogP contribution in [0.15, 0.2) is 28.8 Å². The molecular formula is C21H24N4O2. The van der Waals surface area contributed by atoms with Crippen molar-refractivity contribution in [3.05, 3.63) is 52.4 Å². The van der Waals surface area contributed by atoms with E-state index in [4.69, 9.17) is 9.78 Å². The fourth-order valence-corrected chi connectivity index (χ4v) is 4.31. The number of benzene rings is 1. The molecule has 0 saturated carbocycles. The summed E-state index contributed by atoms with van der Waals surface area (Å²) in [6, 6.07) is 10.1. The predicted molar refractivity (Wildman–Crippen MR) is 99.5 cm³/mol. The van der Waals surface area contributed by atoms with Crippen molar-refractivity contribution in [2.45, 2.75) is 45.8 Å². The molecule has 6 nitrogen and oxygen atoms in total. The molecule has 1 aromatic heterocycles. The molecule has 27 heavy (non-hydrogen) atoms. The Hall–Kier alpha value is -2.65. The van der Waals surface area contributed by atoms with Gasteiger partial charge in [-0.15, -0.1) is 0 Å². The third-order valence-corrected chi connectivity index (χ3v) is 5.87. The number of piperidine rings is 1. The van der Waals surface area contributed by atoms with Gasteiger partial charge in [-0.25, -0.2) is 0 Å². The number of aryl methyl sites for hydroxylation is 2. The number of hydrogen-bond acceptors (Lipinski definition) is 5. The maximum absolute atomic E-state index is 13.0. The van der Waals surface area contributed by atoms with Crippen molar-refractivity contribution in [1.82, 2.24) is 15.0 Å². The lowest BCUT2D eigenvalue weighted by molar-refractivity contribution is -0.140. The summed E-state index contributed by atoms with van der Waals surface area (Å²) in [5.74, 6) is 1.12. The Bertz CT molecular complexity index is 861. The second kappa shape index (κ2) is 7.16. The summed E-state index contributed by atoms with van der Waals surface area (Å²) in [6.45, 7) is 6.92. The quantitative estimate of drug-likeness (QED) is 0.834. The summed E-state index contributed by atoms with van der Waals surface area (Å²) in [5, 5.41) is 13.0. The standard InChI is InChI=1S/C21H24N4O2/c1-14-20(15(2)27-23-14)13-25-19-8-7-18(21(25)26)11-24(12-19)10-17-5-3-16(9-22)4-6-17/h3-6,18-19H,7-8,10-13H2,1-2H3/t18-,19+/m0/s1. The highest BCUT2D eigenvalue weighted by Crippen LogP contribution is 2.32. The van der Waals surface area contributed by atoms with Gasteiger partial charge in [0, 0.05) is 31.2 Å². The van der Waals surface area contributed by atoms with Crippen LogP contribution < -0.4 is 0 Å². The van der Waals surface area contributed by atoms with E-state index in [1.807, 2.05) is 43.0 Å². The summed E-state index contributed by atoms with van der Waals surface area (Å²) in [6.07, 6.45) is 2.01. The monoisotopic (exact) mass is 364 g/mol. The molecule has 3 aliphatic heterocycles. The lowest BCUT2D eigenvalue weighted by Gasteiger charge is -2.36. The third kappa shape index (κ3) is 3.47. The predicted octanol–water partition coefficient (Wildman–Crippen LogP) is 2.79. The van der Waals surface area contributed by atoms with Gasteiger partial charge in [0.25, 0.3) is 0 Å². The molecule has 4 heterocycles. The van der Waals surface area contributed by atoms with E-state index in [1.54, 1.807) is 0 Å². The Kier molecular flexibility index (Phi) is 4.71. The highest BCUT2D eigenvalue weighted by atomic mass is 16.5. The van der Waals surface area contributed by atoms with Crippen LogP contribution in [0.5, 0.6) is 0 Å². The zero-order valence-corrected chi connectivity index (χ0v) is 15.8. The summed E-state index contributed by atoms with van der Waals surface area (Å²) in [7, 11) is 0. The lowest BCUT2D eigenvalue weighted by atomic mass is 9.93. The molecule has 0 unspecified atom stereocenters. The fraction of sp³-hybridized carbons (Fsp3) is 0.476. The Labute approximate surface area is 159 Å². The van der Waals surface area contributed by atoms with Crippen LogP contribution in [0.4, 0.5) is 0 Å². The van der Waals surface area contributed by atoms with Crippen LogP contribution in [-0.4, -0.2) is 40.0 Å². The first-order chi connectivity index (χ1) is 13.0. The van der Waals surface area contributed by atoms with Crippen molar-refractivity contribution in [1.29, 1.82) is 5.26 Å². The molecule has 1 amide bonds. The molecule has 3 aliphatic rings. The minimum absolute atomic E-state index is 0.0580. The van der Waals surface area contributed by atoms with Gasteiger partial charge in [0.05, 0.1) is 29.8 Å². The number of carbonyl (C=O) groups excluding carboxylic acids is 1. The molecule has 0 radical (unpaired) electrons. The zero-order valence-electron chi connectivity index (χ0n) is 15.8. The molecule has 2 aromatic rings. The molecule has 6 heteroatoms. The number of hydrogen-bond donors (Lipinski definition) is 0. The Balaban J connectivity index is 1.50. The van der Waals surface area contributed by atoms with E-state index in [9.17, 15) is 4.79 Å². The van der Waals surface area contributed by atoms with Crippen LogP contribution in [0.3, 0.4) is 0 Å². The van der Waals surface area contributed by atoms with E-state index in [0.29, 0.717) is 12.1 Å². The van der Waals surface area contributed by atoms with Crippen molar-refractivity contribution < 1.29 is 9.32 Å². The van der Waals surface area contributed by atoms with Gasteiger partial charge >= 0.3 is 0 Å². The molecule has 140 valence electrons. The molecule has 2 bridgehead atoms. The van der Waals surface area contributed by atoms with Gasteiger partial charge in [-0.3, -0.25) is 9.69 Å². The van der Waals surface area contributed by atoms with Crippen LogP contribution >= 0.6 is 0 Å². The van der Waals surface area contributed by atoms with Crippen LogP contribution in [0, 0.1) is 31.1 Å². The number of amides is 1. The SMILES string of the molecule is Cc1noc(C)c1CN1C(=O)[C@H]2CC[C@@H]1CN(Cc1ccc(C#N)cc1)C2. The number of nitriles is 1. The molecule has 0 spiro atoms. The molecule has 0 aliphatic carbocycles. The van der Waals surface area contributed by atoms with Crippen molar-refractivity contribution in [3.8, 4) is 6.07 Å². The highest BCUT2D eigenvalue weighted by molar-refractivity contribution is 5.80. The van der Waals surface area contributed by atoms with Crippen molar-refractivity contribution in [3.63, 3.8) is 0 Å². The summed E-state index contributed by atoms with van der Waals surface area (Å²) < 4.78 is 5.28. The van der Waals surface area contributed by atoms with Gasteiger partial charge in [0.2, 0.25) is 5.91 Å². The van der Waals surface area contributed by atoms with Gasteiger partial charge in [-0.1, -0.05) is 17.3 Å². The second-order valence-electron chi connectivity index (χ2n) is 7.70. The summed E-state index contributed by atoms with van der Waals surface area (Å²) in [5.41, 5.74) is 3.76. The largest absolute Gasteiger partial charge is 0.361 e. The normalized spacial score (nSPS) is 22.7. The topological polar surface area (TPSA) is 73.4 Å². The van der Waals surface area contributed by atoms with Crippen molar-refractivity contribution in [2.24, 2.45) is 5.92 Å². The Morgan fingerprint density at radius 1 is 1.19 bits per heavy atom. The van der Waals surface area contributed by atoms with Gasteiger partial charge in [0.15, 0.2) is 0 Å². The zero-order chi connectivity index (χ0) is 19.0. The van der Waals surface area contributed by atoms with Crippen LogP contribution in [0.1, 0.15) is 41.0 Å². The fourth-order valence-electron chi connectivity index (χ4n) is 4.31. The first-order valence-corrected chi connectivity index (χ1v) is 9.48. The average molecular weight is 364 g/mol. The van der Waals surface area contributed by atoms with E-state index in [0.717, 1.165) is 49.5 Å². The molecule has 5 rings (SSSR count). The smallest absolute Gasteiger partial charge is 0.227 e. The van der Waals surface area contributed by atoms with Crippen LogP contribution in [0.2, 0.25) is 0 Å². The van der Waals surface area contributed by atoms with Gasteiger partial charge < -0.3 is 9.42 Å². The second-order valence-corrected chi connectivity index (χ2v) is 7.70. The van der Waals surface area contributed by atoms with Crippen LogP contribution in [-0.2, 0) is 17.9 Å². The van der Waals surface area contributed by atoms with Gasteiger partial charge in [-0.2, -0.15) is 5.26 Å². The molecule has 1 aromatic carbocycles. The maximum Gasteiger partial charge on any atom is 0.227 e. The van der Waals surface area contributed by atoms with Crippen molar-refractivity contribution in [2.75, 3.05) is 13.1 Å². The average Bonchev–Trinajstić information content (AvgIpc) is 2.83. The van der Waals surface area contributed by atoms with E-state index in [-0.39, 0.29) is 17.9 Å². The molecular weight excluding hydrogens is 340 g/mol. The minimum atomic E-state index is 0.0580. The Morgan fingerprint density at radius 2 is 1.96 bits per heavy atom. The maximum atomic E-state index is 13.0. The molecule has 0 N–H and O–H groups in total. The third-order valence-electron chi connectivity index (χ3n) is 5.87. The van der Waals surface area contributed by atoms with Crippen molar-refractivity contribution >= 4 is 5.91 Å². The van der Waals surface area contributed by atoms with Gasteiger partial charge in [-0.05, 0) is 44.4 Å². The first-order valence-electron chi connectivity index (χ1n) is 9.48. The summed E-state index contributed by atoms with van der Waals surface area (Å²) >= 11 is 0. The van der Waals surface area contributed by atoms with E-state index in [2.05, 4.69) is 16.1 Å². The summed E-state index contributed by atoms with van der Waals surface area (Å²) in [4.78, 5) is 17.5. The number of nitrogens with zero attached hydrogens (tertiary/aromatic N) is 4. The van der Waals surface area contributed by atoms with E-state index in [1.165, 1.54) is 5.56 Å². The first kappa shape index (κ1) is 17.7. The Morgan fingerprint density at radius 3 is 2.63 bits per heavy atom. The molecule has 2 atom stereocenters. The van der Waals surface area contributed by atoms with E-state index >= 15 is 0 Å². The lowest BCUT2D eigenvalue weighted by Crippen LogP contribution is -2.47. The number of carbonyl (C=O) groups is 1.